The van der Waals surface area contributed by atoms with Crippen LogP contribution >= 0.6 is 0 Å². The van der Waals surface area contributed by atoms with E-state index in [1.54, 1.807) is 34.8 Å². The van der Waals surface area contributed by atoms with Gasteiger partial charge in [0.15, 0.2) is 0 Å². The Hall–Kier alpha value is -2.39. The van der Waals surface area contributed by atoms with Gasteiger partial charge in [-0.1, -0.05) is 32.9 Å². The van der Waals surface area contributed by atoms with Crippen molar-refractivity contribution in [2.75, 3.05) is 18.4 Å². The molecule has 2 aliphatic heterocycles. The largest absolute Gasteiger partial charge is 0.365 e. The molecule has 8 nitrogen and oxygen atoms in total. The van der Waals surface area contributed by atoms with Gasteiger partial charge in [0.25, 0.3) is 5.91 Å². The van der Waals surface area contributed by atoms with Gasteiger partial charge < -0.3 is 10.2 Å². The fourth-order valence-electron chi connectivity index (χ4n) is 3.91. The quantitative estimate of drug-likeness (QED) is 0.740. The molecule has 0 bridgehead atoms. The Balaban J connectivity index is 1.52. The van der Waals surface area contributed by atoms with E-state index in [4.69, 9.17) is 0 Å². The van der Waals surface area contributed by atoms with Gasteiger partial charge in [0.05, 0.1) is 11.4 Å². The number of aromatic nitrogens is 2. The highest BCUT2D eigenvalue weighted by Crippen LogP contribution is 2.35. The Kier molecular flexibility index (Phi) is 4.51. The zero-order chi connectivity index (χ0) is 21.0. The number of hydrogen-bond acceptors (Lipinski definition) is 5. The smallest absolute Gasteiger partial charge is 0.272 e. The second-order valence-electron chi connectivity index (χ2n) is 8.89. The van der Waals surface area contributed by atoms with E-state index >= 15 is 0 Å². The lowest BCUT2D eigenvalue weighted by molar-refractivity contribution is 0.0665. The number of amides is 1. The summed E-state index contributed by atoms with van der Waals surface area (Å²) in [4.78, 5) is 15.1. The summed E-state index contributed by atoms with van der Waals surface area (Å²) >= 11 is 0. The van der Waals surface area contributed by atoms with E-state index in [0.717, 1.165) is 5.69 Å². The lowest BCUT2D eigenvalue weighted by atomic mass is 9.92. The van der Waals surface area contributed by atoms with E-state index < -0.39 is 15.7 Å². The molecule has 2 aromatic rings. The van der Waals surface area contributed by atoms with Gasteiger partial charge in [-0.05, 0) is 18.2 Å². The molecule has 0 aliphatic carbocycles. The fraction of sp³-hybridized carbons (Fsp3) is 0.500. The molecule has 2 aliphatic rings. The average molecular weight is 418 g/mol. The molecule has 0 saturated carbocycles. The highest BCUT2D eigenvalue weighted by Gasteiger charge is 2.44. The molecule has 4 rings (SSSR count). The van der Waals surface area contributed by atoms with Crippen LogP contribution in [-0.4, -0.2) is 47.8 Å². The van der Waals surface area contributed by atoms with E-state index in [2.05, 4.69) is 35.9 Å². The predicted octanol–water partition coefficient (Wildman–Crippen LogP) is 2.05. The van der Waals surface area contributed by atoms with Gasteiger partial charge in [-0.3, -0.25) is 9.48 Å². The first-order chi connectivity index (χ1) is 13.5. The van der Waals surface area contributed by atoms with Crippen LogP contribution in [0.2, 0.25) is 0 Å². The number of piperidine rings is 1. The first kappa shape index (κ1) is 19.9. The molecule has 1 aromatic heterocycles. The summed E-state index contributed by atoms with van der Waals surface area (Å²) < 4.78 is 29.8. The van der Waals surface area contributed by atoms with Crippen molar-refractivity contribution in [3.63, 3.8) is 0 Å². The Morgan fingerprint density at radius 3 is 2.45 bits per heavy atom. The van der Waals surface area contributed by atoms with Gasteiger partial charge in [0, 0.05) is 38.4 Å². The highest BCUT2D eigenvalue weighted by molar-refractivity contribution is 7.89. The van der Waals surface area contributed by atoms with Crippen molar-refractivity contribution >= 4 is 21.6 Å². The van der Waals surface area contributed by atoms with Crippen molar-refractivity contribution in [1.29, 1.82) is 0 Å². The number of carbonyl (C=O) groups is 1. The Labute approximate surface area is 171 Å². The first-order valence-corrected chi connectivity index (χ1v) is 11.2. The monoisotopic (exact) mass is 417 g/mol. The summed E-state index contributed by atoms with van der Waals surface area (Å²) in [5, 5.41) is 7.85. The van der Waals surface area contributed by atoms with Crippen molar-refractivity contribution in [3.05, 3.63) is 41.7 Å². The molecule has 156 valence electrons. The molecule has 9 heteroatoms. The molecule has 0 atom stereocenters. The molecule has 1 aromatic carbocycles. The molecule has 3 heterocycles. The van der Waals surface area contributed by atoms with Gasteiger partial charge in [-0.2, -0.15) is 9.82 Å². The van der Waals surface area contributed by atoms with Crippen LogP contribution in [0.25, 0.3) is 0 Å². The number of benzene rings is 1. The van der Waals surface area contributed by atoms with E-state index in [0.29, 0.717) is 37.3 Å². The minimum atomic E-state index is -3.59. The lowest BCUT2D eigenvalue weighted by Gasteiger charge is -2.45. The molecule has 1 amide bonds. The van der Waals surface area contributed by atoms with Gasteiger partial charge in [-0.25, -0.2) is 8.42 Å². The van der Waals surface area contributed by atoms with Crippen LogP contribution in [0, 0.1) is 0 Å². The maximum atomic E-state index is 13.1. The molecular weight excluding hydrogens is 390 g/mol. The van der Waals surface area contributed by atoms with Crippen molar-refractivity contribution in [3.8, 4) is 0 Å². The normalized spacial score (nSPS) is 20.2. The van der Waals surface area contributed by atoms with Crippen LogP contribution in [0.1, 0.15) is 49.8 Å². The first-order valence-electron chi connectivity index (χ1n) is 9.76. The minimum absolute atomic E-state index is 0.0792. The maximum Gasteiger partial charge on any atom is 0.272 e. The van der Waals surface area contributed by atoms with E-state index in [1.807, 2.05) is 12.1 Å². The minimum Gasteiger partial charge on any atom is -0.365 e. The van der Waals surface area contributed by atoms with E-state index in [9.17, 15) is 13.2 Å². The van der Waals surface area contributed by atoms with Gasteiger partial charge >= 0.3 is 0 Å². The van der Waals surface area contributed by atoms with Crippen LogP contribution in [0.15, 0.2) is 35.2 Å². The van der Waals surface area contributed by atoms with Crippen molar-refractivity contribution in [2.45, 2.75) is 49.6 Å². The fourth-order valence-corrected chi connectivity index (χ4v) is 5.46. The third-order valence-electron chi connectivity index (χ3n) is 5.65. The number of hydrogen-bond donors (Lipinski definition) is 2. The van der Waals surface area contributed by atoms with Crippen LogP contribution < -0.4 is 10.0 Å². The number of rotatable bonds is 1. The van der Waals surface area contributed by atoms with Gasteiger partial charge in [0.1, 0.15) is 16.3 Å². The van der Waals surface area contributed by atoms with Crippen molar-refractivity contribution < 1.29 is 13.2 Å². The zero-order valence-electron chi connectivity index (χ0n) is 17.2. The van der Waals surface area contributed by atoms with Crippen LogP contribution in [0.5, 0.6) is 0 Å². The predicted molar refractivity (Wildman–Crippen MR) is 110 cm³/mol. The second kappa shape index (κ2) is 6.56. The third kappa shape index (κ3) is 3.53. The van der Waals surface area contributed by atoms with Crippen LogP contribution in [-0.2, 0) is 22.5 Å². The highest BCUT2D eigenvalue weighted by atomic mass is 32.2. The number of nitrogens with one attached hydrogen (secondary N) is 2. The number of anilines is 1. The second-order valence-corrected chi connectivity index (χ2v) is 10.5. The number of fused-ring (bicyclic) bond motifs is 1. The number of para-hydroxylation sites is 1. The number of carbonyl (C=O) groups excluding carboxylic acids is 1. The van der Waals surface area contributed by atoms with Gasteiger partial charge in [0.2, 0.25) is 10.0 Å². The van der Waals surface area contributed by atoms with Gasteiger partial charge in [-0.15, -0.1) is 0 Å². The number of sulfonamides is 1. The maximum absolute atomic E-state index is 13.1. The Morgan fingerprint density at radius 1 is 1.17 bits per heavy atom. The molecule has 29 heavy (non-hydrogen) atoms. The van der Waals surface area contributed by atoms with E-state index in [-0.39, 0.29) is 16.2 Å². The third-order valence-corrected chi connectivity index (χ3v) is 7.25. The zero-order valence-corrected chi connectivity index (χ0v) is 18.0. The molecule has 0 unspecified atom stereocenters. The molecule has 1 fully saturated rings. The SMILES string of the molecule is Cn1nc(C(C)(C)C)cc1C(=O)N1CCC2(CC1)Nc1ccccc1S(=O)(=O)N2. The topological polar surface area (TPSA) is 96.3 Å². The van der Waals surface area contributed by atoms with Crippen molar-refractivity contribution in [1.82, 2.24) is 19.4 Å². The molecule has 1 spiro atoms. The molecule has 1 saturated heterocycles. The summed E-state index contributed by atoms with van der Waals surface area (Å²) in [6, 6.07) is 8.74. The van der Waals surface area contributed by atoms with Crippen LogP contribution in [0.3, 0.4) is 0 Å². The molecule has 0 radical (unpaired) electrons. The summed E-state index contributed by atoms with van der Waals surface area (Å²) in [5.74, 6) is -0.0792. The van der Waals surface area contributed by atoms with Crippen LogP contribution in [0.4, 0.5) is 5.69 Å². The molecule has 2 N–H and O–H groups in total. The summed E-state index contributed by atoms with van der Waals surface area (Å²) in [5.41, 5.74) is 1.11. The van der Waals surface area contributed by atoms with Crippen molar-refractivity contribution in [2.24, 2.45) is 7.05 Å². The summed E-state index contributed by atoms with van der Waals surface area (Å²) in [6.45, 7) is 7.09. The molecular formula is C20H27N5O3S. The lowest BCUT2D eigenvalue weighted by Crippen LogP contribution is -2.62. The van der Waals surface area contributed by atoms with E-state index in [1.165, 1.54) is 0 Å². The standard InChI is InChI=1S/C20H27N5O3S/c1-19(2,3)17-13-15(24(4)22-17)18(26)25-11-9-20(10-12-25)21-14-7-5-6-8-16(14)29(27,28)23-20/h5-8,13,21,23H,9-12H2,1-4H3. The number of aryl methyl sites for hydroxylation is 1. The number of nitrogens with zero attached hydrogens (tertiary/aromatic N) is 3. The summed E-state index contributed by atoms with van der Waals surface area (Å²) in [6.07, 6.45) is 0.965. The number of likely N-dealkylation sites (tertiary alicyclic amines) is 1. The summed E-state index contributed by atoms with van der Waals surface area (Å²) in [7, 11) is -1.81. The Morgan fingerprint density at radius 2 is 1.83 bits per heavy atom. The average Bonchev–Trinajstić information content (AvgIpc) is 3.03. The Bertz CT molecular complexity index is 1060.